The molecule has 33 heavy (non-hydrogen) atoms. The lowest BCUT2D eigenvalue weighted by molar-refractivity contribution is -0.0105. The highest BCUT2D eigenvalue weighted by Gasteiger charge is 2.43. The predicted molar refractivity (Wildman–Crippen MR) is 145 cm³/mol. The lowest BCUT2D eigenvalue weighted by Gasteiger charge is -2.25. The van der Waals surface area contributed by atoms with E-state index < -0.39 is 9.05 Å². The van der Waals surface area contributed by atoms with E-state index in [1.54, 1.807) is 14.2 Å². The highest BCUT2D eigenvalue weighted by molar-refractivity contribution is 6.53. The average molecular weight is 487 g/mol. The number of rotatable bonds is 28. The number of hydrogen-bond donors (Lipinski definition) is 0. The van der Waals surface area contributed by atoms with Gasteiger partial charge in [-0.05, 0) is 25.7 Å². The zero-order valence-corrected chi connectivity index (χ0v) is 23.7. The molecule has 0 radical (unpaired) electrons. The molecule has 0 aromatic carbocycles. The Morgan fingerprint density at radius 2 is 0.848 bits per heavy atom. The summed E-state index contributed by atoms with van der Waals surface area (Å²) in [7, 11) is 0.345. The van der Waals surface area contributed by atoms with Crippen molar-refractivity contribution in [1.82, 2.24) is 0 Å². The van der Waals surface area contributed by atoms with Crippen molar-refractivity contribution in [3.05, 3.63) is 12.7 Å². The van der Waals surface area contributed by atoms with E-state index in [-0.39, 0.29) is 0 Å². The molecule has 0 fully saturated rings. The molecule has 0 heterocycles. The molecule has 0 aliphatic heterocycles. The van der Waals surface area contributed by atoms with Crippen LogP contribution < -0.4 is 0 Å². The van der Waals surface area contributed by atoms with Gasteiger partial charge in [0.1, 0.15) is 0 Å². The minimum Gasteiger partial charge on any atom is -0.355 e. The first-order valence-corrected chi connectivity index (χ1v) is 15.9. The quantitative estimate of drug-likeness (QED) is 0.0627. The van der Waals surface area contributed by atoms with Gasteiger partial charge in [0.15, 0.2) is 0 Å². The molecule has 0 aromatic rings. The Hall–Kier alpha value is -0.203. The highest BCUT2D eigenvalue weighted by atomic mass is 28.4. The van der Waals surface area contributed by atoms with Crippen LogP contribution in [0.3, 0.4) is 0 Å². The van der Waals surface area contributed by atoms with Gasteiger partial charge < -0.3 is 17.7 Å². The third-order valence-electron chi connectivity index (χ3n) is 6.36. The van der Waals surface area contributed by atoms with Crippen molar-refractivity contribution in [2.45, 2.75) is 142 Å². The van der Waals surface area contributed by atoms with E-state index in [4.69, 9.17) is 17.7 Å². The Balaban J connectivity index is 3.59. The monoisotopic (exact) mass is 486 g/mol. The largest absolute Gasteiger partial charge is 0.679 e. The van der Waals surface area contributed by atoms with Gasteiger partial charge >= 0.3 is 9.05 Å². The van der Waals surface area contributed by atoms with Crippen molar-refractivity contribution < 1.29 is 17.7 Å². The Kier molecular flexibility index (Phi) is 26.2. The highest BCUT2D eigenvalue weighted by Crippen LogP contribution is 2.15. The van der Waals surface area contributed by atoms with E-state index >= 15 is 0 Å². The third kappa shape index (κ3) is 22.0. The second kappa shape index (κ2) is 26.4. The summed E-state index contributed by atoms with van der Waals surface area (Å²) in [5.41, 5.74) is 0. The third-order valence-corrected chi connectivity index (χ3v) is 8.47. The molecule has 0 spiro atoms. The average Bonchev–Trinajstić information content (AvgIpc) is 2.84. The van der Waals surface area contributed by atoms with Gasteiger partial charge in [0, 0.05) is 27.4 Å². The van der Waals surface area contributed by atoms with Crippen LogP contribution in [-0.2, 0) is 17.7 Å². The molecule has 198 valence electrons. The van der Waals surface area contributed by atoms with Crippen LogP contribution in [0.4, 0.5) is 0 Å². The second-order valence-electron chi connectivity index (χ2n) is 9.40. The van der Waals surface area contributed by atoms with Gasteiger partial charge in [-0.2, -0.15) is 0 Å². The van der Waals surface area contributed by atoms with E-state index in [2.05, 4.69) is 13.5 Å². The number of allylic oxidation sites excluding steroid dienone is 1. The Morgan fingerprint density at radius 3 is 1.18 bits per heavy atom. The first-order chi connectivity index (χ1) is 16.2. The minimum absolute atomic E-state index is 0.662. The maximum absolute atomic E-state index is 5.98. The summed E-state index contributed by atoms with van der Waals surface area (Å²) in [4.78, 5) is 0. The fourth-order valence-corrected chi connectivity index (χ4v) is 5.66. The zero-order chi connectivity index (χ0) is 24.3. The fourth-order valence-electron chi connectivity index (χ4n) is 4.15. The van der Waals surface area contributed by atoms with Crippen LogP contribution >= 0.6 is 0 Å². The molecule has 5 heteroatoms. The van der Waals surface area contributed by atoms with Crippen molar-refractivity contribution in [2.24, 2.45) is 0 Å². The van der Waals surface area contributed by atoms with E-state index in [1.165, 1.54) is 122 Å². The Labute approximate surface area is 208 Å². The van der Waals surface area contributed by atoms with E-state index in [9.17, 15) is 0 Å². The van der Waals surface area contributed by atoms with Gasteiger partial charge in [-0.3, -0.25) is 0 Å². The second-order valence-corrected chi connectivity index (χ2v) is 11.8. The smallest absolute Gasteiger partial charge is 0.355 e. The van der Waals surface area contributed by atoms with E-state index in [0.717, 1.165) is 12.8 Å². The van der Waals surface area contributed by atoms with Crippen molar-refractivity contribution in [1.29, 1.82) is 0 Å². The van der Waals surface area contributed by atoms with Crippen LogP contribution in [0.15, 0.2) is 12.7 Å². The van der Waals surface area contributed by atoms with E-state index in [0.29, 0.717) is 13.2 Å². The predicted octanol–water partition coefficient (Wildman–Crippen LogP) is 9.15. The zero-order valence-electron chi connectivity index (χ0n) is 22.7. The Bertz CT molecular complexity index is 388. The molecule has 0 bridgehead atoms. The van der Waals surface area contributed by atoms with Gasteiger partial charge in [0.05, 0.1) is 0 Å². The molecular formula is C28H58O4Si. The van der Waals surface area contributed by atoms with Gasteiger partial charge in [-0.1, -0.05) is 122 Å². The van der Waals surface area contributed by atoms with Crippen LogP contribution in [0.25, 0.3) is 0 Å². The molecular weight excluding hydrogens is 428 g/mol. The fraction of sp³-hybridized carbons (Fsp3) is 0.929. The lowest BCUT2D eigenvalue weighted by atomic mass is 10.1. The standard InChI is InChI=1S/C28H58O4Si/c1-5-7-9-11-13-15-17-18-20-22-24-26-28-32-33(29-3,30-4)31-27-25-23-21-19-16-14-12-10-8-6-2/h5H,1,6-28H2,2-4H3. The van der Waals surface area contributed by atoms with Crippen molar-refractivity contribution in [3.63, 3.8) is 0 Å². The van der Waals surface area contributed by atoms with Gasteiger partial charge in [-0.25, -0.2) is 0 Å². The summed E-state index contributed by atoms with van der Waals surface area (Å²) >= 11 is 0. The number of unbranched alkanes of at least 4 members (excludes halogenated alkanes) is 19. The van der Waals surface area contributed by atoms with Crippen LogP contribution in [0.2, 0.25) is 0 Å². The van der Waals surface area contributed by atoms with Gasteiger partial charge in [0.2, 0.25) is 0 Å². The molecule has 0 unspecified atom stereocenters. The SMILES string of the molecule is C=CCCCCCCCCCCCCO[Si](OC)(OC)OCCCCCCCCCCCC. The summed E-state index contributed by atoms with van der Waals surface area (Å²) in [6.45, 7) is 7.38. The topological polar surface area (TPSA) is 36.9 Å². The normalized spacial score (nSPS) is 11.8. The van der Waals surface area contributed by atoms with Crippen molar-refractivity contribution >= 4 is 9.05 Å². The molecule has 0 aromatic heterocycles. The molecule has 0 amide bonds. The Morgan fingerprint density at radius 1 is 0.515 bits per heavy atom. The number of hydrogen-bond acceptors (Lipinski definition) is 4. The lowest BCUT2D eigenvalue weighted by Crippen LogP contribution is -2.47. The van der Waals surface area contributed by atoms with Crippen molar-refractivity contribution in [2.75, 3.05) is 27.4 Å². The first kappa shape index (κ1) is 32.8. The van der Waals surface area contributed by atoms with Gasteiger partial charge in [0.25, 0.3) is 0 Å². The molecule has 0 N–H and O–H groups in total. The molecule has 0 saturated heterocycles. The summed E-state index contributed by atoms with van der Waals surface area (Å²) in [5.74, 6) is 0. The molecule has 0 aliphatic carbocycles. The maximum atomic E-state index is 5.98. The van der Waals surface area contributed by atoms with Crippen LogP contribution in [0.5, 0.6) is 0 Å². The molecule has 0 aliphatic rings. The minimum atomic E-state index is -2.94. The summed E-state index contributed by atoms with van der Waals surface area (Å²) < 4.78 is 23.1. The molecule has 4 nitrogen and oxygen atoms in total. The van der Waals surface area contributed by atoms with Crippen LogP contribution in [0, 0.1) is 0 Å². The summed E-state index contributed by atoms with van der Waals surface area (Å²) in [6, 6.07) is 0. The summed E-state index contributed by atoms with van der Waals surface area (Å²) in [5, 5.41) is 0. The molecule has 0 atom stereocenters. The van der Waals surface area contributed by atoms with E-state index in [1.807, 2.05) is 6.08 Å². The summed E-state index contributed by atoms with van der Waals surface area (Å²) in [6.07, 6.45) is 29.4. The molecule has 0 rings (SSSR count). The van der Waals surface area contributed by atoms with Crippen LogP contribution in [-0.4, -0.2) is 36.5 Å². The van der Waals surface area contributed by atoms with Crippen LogP contribution in [0.1, 0.15) is 142 Å². The van der Waals surface area contributed by atoms with Gasteiger partial charge in [-0.15, -0.1) is 6.58 Å². The molecule has 0 saturated carbocycles. The maximum Gasteiger partial charge on any atom is 0.679 e. The first-order valence-electron chi connectivity index (χ1n) is 14.2. The van der Waals surface area contributed by atoms with Crippen molar-refractivity contribution in [3.8, 4) is 0 Å².